The molecule has 1 aliphatic heterocycles. The van der Waals surface area contributed by atoms with Crippen LogP contribution in [0.5, 0.6) is 0 Å². The van der Waals surface area contributed by atoms with E-state index in [-0.39, 0.29) is 5.91 Å². The van der Waals surface area contributed by atoms with Crippen molar-refractivity contribution in [2.75, 3.05) is 13.1 Å². The first-order chi connectivity index (χ1) is 12.7. The van der Waals surface area contributed by atoms with Gasteiger partial charge in [0, 0.05) is 17.6 Å². The summed E-state index contributed by atoms with van der Waals surface area (Å²) < 4.78 is 2.38. The molecule has 1 aromatic heterocycles. The monoisotopic (exact) mass is 411 g/mol. The van der Waals surface area contributed by atoms with E-state index in [0.717, 1.165) is 30.4 Å². The van der Waals surface area contributed by atoms with Crippen LogP contribution in [0.25, 0.3) is 5.69 Å². The van der Waals surface area contributed by atoms with Gasteiger partial charge in [-0.15, -0.1) is 5.10 Å². The summed E-state index contributed by atoms with van der Waals surface area (Å²) in [5, 5.41) is 11.3. The van der Waals surface area contributed by atoms with Gasteiger partial charge in [0.1, 0.15) is 6.33 Å². The molecule has 0 spiro atoms. The minimum Gasteiger partial charge on any atom is -0.339 e. The van der Waals surface area contributed by atoms with Crippen molar-refractivity contribution in [3.05, 3.63) is 70.5 Å². The minimum atomic E-state index is 0.0170. The average Bonchev–Trinajstić information content (AvgIpc) is 3.23. The number of aromatic nitrogens is 4. The van der Waals surface area contributed by atoms with Crippen LogP contribution >= 0.6 is 15.9 Å². The Kier molecular flexibility index (Phi) is 4.79. The third-order valence-corrected chi connectivity index (χ3v) is 5.33. The van der Waals surface area contributed by atoms with Crippen LogP contribution in [-0.4, -0.2) is 44.1 Å². The molecule has 1 amide bonds. The average molecular weight is 412 g/mol. The smallest absolute Gasteiger partial charge is 0.256 e. The van der Waals surface area contributed by atoms with E-state index in [2.05, 4.69) is 55.7 Å². The van der Waals surface area contributed by atoms with Crippen molar-refractivity contribution in [2.24, 2.45) is 0 Å². The van der Waals surface area contributed by atoms with Gasteiger partial charge in [-0.1, -0.05) is 46.3 Å². The number of benzene rings is 2. The Balaban J connectivity index is 1.53. The molecule has 0 N–H and O–H groups in total. The minimum absolute atomic E-state index is 0.0170. The maximum absolute atomic E-state index is 13.1. The van der Waals surface area contributed by atoms with Crippen molar-refractivity contribution in [3.8, 4) is 5.69 Å². The highest BCUT2D eigenvalue weighted by Crippen LogP contribution is 2.29. The topological polar surface area (TPSA) is 63.9 Å². The van der Waals surface area contributed by atoms with Gasteiger partial charge in [0.25, 0.3) is 5.91 Å². The van der Waals surface area contributed by atoms with Gasteiger partial charge in [0.15, 0.2) is 0 Å². The first kappa shape index (κ1) is 16.9. The lowest BCUT2D eigenvalue weighted by Gasteiger charge is -2.32. The molecule has 1 saturated heterocycles. The van der Waals surface area contributed by atoms with Crippen molar-refractivity contribution in [3.63, 3.8) is 0 Å². The number of carbonyl (C=O) groups excluding carboxylic acids is 1. The Hall–Kier alpha value is -2.54. The molecular weight excluding hydrogens is 394 g/mol. The quantitative estimate of drug-likeness (QED) is 0.661. The summed E-state index contributed by atoms with van der Waals surface area (Å²) in [6.45, 7) is 1.50. The number of hydrogen-bond donors (Lipinski definition) is 0. The van der Waals surface area contributed by atoms with Crippen LogP contribution in [0.3, 0.4) is 0 Å². The lowest BCUT2D eigenvalue weighted by molar-refractivity contribution is 0.0713. The maximum atomic E-state index is 13.1. The third-order valence-electron chi connectivity index (χ3n) is 4.84. The molecule has 0 radical (unpaired) electrons. The van der Waals surface area contributed by atoms with E-state index in [1.54, 1.807) is 0 Å². The van der Waals surface area contributed by atoms with Gasteiger partial charge < -0.3 is 4.90 Å². The van der Waals surface area contributed by atoms with Gasteiger partial charge in [-0.05, 0) is 52.9 Å². The number of likely N-dealkylation sites (tertiary alicyclic amines) is 1. The summed E-state index contributed by atoms with van der Waals surface area (Å²) in [6, 6.07) is 16.1. The number of halogens is 1. The molecule has 2 heterocycles. The van der Waals surface area contributed by atoms with Crippen LogP contribution < -0.4 is 0 Å². The summed E-state index contributed by atoms with van der Waals surface area (Å²) in [6.07, 6.45) is 3.45. The van der Waals surface area contributed by atoms with Crippen LogP contribution in [0.2, 0.25) is 0 Å². The molecule has 0 bridgehead atoms. The van der Waals surface area contributed by atoms with Crippen molar-refractivity contribution < 1.29 is 4.79 Å². The largest absolute Gasteiger partial charge is 0.339 e. The van der Waals surface area contributed by atoms with Gasteiger partial charge >= 0.3 is 0 Å². The van der Waals surface area contributed by atoms with Crippen molar-refractivity contribution in [1.82, 2.24) is 25.1 Å². The van der Waals surface area contributed by atoms with E-state index in [4.69, 9.17) is 0 Å². The molecule has 1 aliphatic rings. The number of carbonyl (C=O) groups is 1. The first-order valence-corrected chi connectivity index (χ1v) is 9.39. The highest BCUT2D eigenvalue weighted by Gasteiger charge is 2.26. The zero-order chi connectivity index (χ0) is 17.9. The zero-order valence-corrected chi connectivity index (χ0v) is 15.7. The van der Waals surface area contributed by atoms with Crippen LogP contribution in [0, 0.1) is 0 Å². The van der Waals surface area contributed by atoms with Gasteiger partial charge in [-0.3, -0.25) is 4.79 Å². The van der Waals surface area contributed by atoms with Crippen molar-refractivity contribution >= 4 is 21.8 Å². The fourth-order valence-electron chi connectivity index (χ4n) is 3.46. The molecule has 0 aliphatic carbocycles. The summed E-state index contributed by atoms with van der Waals surface area (Å²) in [4.78, 5) is 15.1. The molecule has 6 nitrogen and oxygen atoms in total. The Bertz CT molecular complexity index is 890. The zero-order valence-electron chi connectivity index (χ0n) is 14.1. The Morgan fingerprint density at radius 2 is 1.85 bits per heavy atom. The lowest BCUT2D eigenvalue weighted by Crippen LogP contribution is -2.38. The highest BCUT2D eigenvalue weighted by molar-refractivity contribution is 9.10. The van der Waals surface area contributed by atoms with Gasteiger partial charge in [-0.2, -0.15) is 4.68 Å². The molecule has 1 fully saturated rings. The number of piperidine rings is 1. The third kappa shape index (κ3) is 3.39. The van der Waals surface area contributed by atoms with E-state index >= 15 is 0 Å². The molecule has 132 valence electrons. The van der Waals surface area contributed by atoms with Crippen LogP contribution in [0.15, 0.2) is 59.3 Å². The molecule has 0 unspecified atom stereocenters. The van der Waals surface area contributed by atoms with E-state index < -0.39 is 0 Å². The predicted octanol–water partition coefficient (Wildman–Crippen LogP) is 3.44. The van der Waals surface area contributed by atoms with E-state index in [1.165, 1.54) is 16.6 Å². The maximum Gasteiger partial charge on any atom is 0.256 e. The van der Waals surface area contributed by atoms with Gasteiger partial charge in [-0.25, -0.2) is 0 Å². The second-order valence-corrected chi connectivity index (χ2v) is 7.31. The highest BCUT2D eigenvalue weighted by atomic mass is 79.9. The normalized spacial score (nSPS) is 15.2. The van der Waals surface area contributed by atoms with Crippen molar-refractivity contribution in [1.29, 1.82) is 0 Å². The van der Waals surface area contributed by atoms with E-state index in [1.807, 2.05) is 29.2 Å². The number of rotatable bonds is 3. The van der Waals surface area contributed by atoms with Crippen LogP contribution in [0.4, 0.5) is 0 Å². The molecule has 0 atom stereocenters. The summed E-state index contributed by atoms with van der Waals surface area (Å²) >= 11 is 3.46. The summed E-state index contributed by atoms with van der Waals surface area (Å²) in [5.41, 5.74) is 2.65. The number of amides is 1. The van der Waals surface area contributed by atoms with Crippen molar-refractivity contribution in [2.45, 2.75) is 18.8 Å². The van der Waals surface area contributed by atoms with E-state index in [0.29, 0.717) is 17.2 Å². The Labute approximate surface area is 160 Å². The summed E-state index contributed by atoms with van der Waals surface area (Å²) in [7, 11) is 0. The second kappa shape index (κ2) is 7.37. The molecule has 4 rings (SSSR count). The second-order valence-electron chi connectivity index (χ2n) is 6.39. The van der Waals surface area contributed by atoms with Gasteiger partial charge in [0.2, 0.25) is 0 Å². The standard InChI is InChI=1S/C19H18BrN5O/c20-16-6-7-18(25-13-21-22-23-25)17(12-16)19(26)24-10-8-15(9-11-24)14-4-2-1-3-5-14/h1-7,12-13,15H,8-11H2. The lowest BCUT2D eigenvalue weighted by atomic mass is 9.89. The SMILES string of the molecule is O=C(c1cc(Br)ccc1-n1cnnn1)N1CCC(c2ccccc2)CC1. The first-order valence-electron chi connectivity index (χ1n) is 8.59. The predicted molar refractivity (Wildman–Crippen MR) is 101 cm³/mol. The van der Waals surface area contributed by atoms with Crippen LogP contribution in [0.1, 0.15) is 34.7 Å². The summed E-state index contributed by atoms with van der Waals surface area (Å²) in [5.74, 6) is 0.532. The fourth-order valence-corrected chi connectivity index (χ4v) is 3.82. The number of tetrazole rings is 1. The Morgan fingerprint density at radius 3 is 2.54 bits per heavy atom. The molecule has 26 heavy (non-hydrogen) atoms. The molecule has 3 aromatic rings. The molecule has 0 saturated carbocycles. The van der Waals surface area contributed by atoms with Crippen LogP contribution in [-0.2, 0) is 0 Å². The number of nitrogens with zero attached hydrogens (tertiary/aromatic N) is 5. The molecular formula is C19H18BrN5O. The molecule has 2 aromatic carbocycles. The molecule has 7 heteroatoms. The Morgan fingerprint density at radius 1 is 1.08 bits per heavy atom. The van der Waals surface area contributed by atoms with Gasteiger partial charge in [0.05, 0.1) is 11.3 Å². The van der Waals surface area contributed by atoms with E-state index in [9.17, 15) is 4.79 Å². The number of hydrogen-bond acceptors (Lipinski definition) is 4. The fraction of sp³-hybridized carbons (Fsp3) is 0.263.